The van der Waals surface area contributed by atoms with Crippen LogP contribution in [0, 0.1) is 25.6 Å². The van der Waals surface area contributed by atoms with Gasteiger partial charge in [0.1, 0.15) is 16.5 Å². The molecule has 1 heterocycles. The summed E-state index contributed by atoms with van der Waals surface area (Å²) in [7, 11) is -2.65. The van der Waals surface area contributed by atoms with Crippen molar-refractivity contribution < 1.29 is 22.3 Å². The summed E-state index contributed by atoms with van der Waals surface area (Å²) in [4.78, 5) is 12.5. The number of carbonyl (C=O) groups excluding carboxylic acids is 1. The summed E-state index contributed by atoms with van der Waals surface area (Å²) in [6.07, 6.45) is 1.13. The van der Waals surface area contributed by atoms with Gasteiger partial charge in [0.05, 0.1) is 13.0 Å². The van der Waals surface area contributed by atoms with Crippen molar-refractivity contribution in [2.45, 2.75) is 31.6 Å². The van der Waals surface area contributed by atoms with Crippen LogP contribution in [0.5, 0.6) is 5.75 Å². The lowest BCUT2D eigenvalue weighted by Crippen LogP contribution is -2.43. The van der Waals surface area contributed by atoms with Gasteiger partial charge in [0.15, 0.2) is 0 Å². The minimum Gasteiger partial charge on any atom is -0.495 e. The predicted octanol–water partition coefficient (Wildman–Crippen LogP) is 3.49. The number of amides is 1. The molecule has 1 fully saturated rings. The van der Waals surface area contributed by atoms with Gasteiger partial charge >= 0.3 is 0 Å². The molecule has 8 heteroatoms. The van der Waals surface area contributed by atoms with Crippen LogP contribution >= 0.6 is 0 Å². The molecular formula is C21H25FN2O4S. The molecule has 29 heavy (non-hydrogen) atoms. The second-order valence-electron chi connectivity index (χ2n) is 7.29. The van der Waals surface area contributed by atoms with Crippen molar-refractivity contribution in [3.05, 3.63) is 53.3 Å². The van der Waals surface area contributed by atoms with Crippen molar-refractivity contribution in [3.63, 3.8) is 0 Å². The second kappa shape index (κ2) is 8.51. The second-order valence-corrected chi connectivity index (χ2v) is 9.19. The standard InChI is InChI=1S/C21H25FN2O4S/c1-14-6-8-18(11-15(14)2)23-21(25)16-5-4-10-24(13-16)29(26,27)20-12-17(22)7-9-19(20)28-3/h6-9,11-12,16H,4-5,10,13H2,1-3H3,(H,23,25)/t16-/m0/s1. The summed E-state index contributed by atoms with van der Waals surface area (Å²) in [5, 5.41) is 2.88. The van der Waals surface area contributed by atoms with Crippen LogP contribution in [-0.4, -0.2) is 38.8 Å². The van der Waals surface area contributed by atoms with E-state index in [2.05, 4.69) is 5.32 Å². The first-order chi connectivity index (χ1) is 13.7. The molecule has 1 amide bonds. The third-order valence-electron chi connectivity index (χ3n) is 5.27. The number of ether oxygens (including phenoxy) is 1. The predicted molar refractivity (Wildman–Crippen MR) is 109 cm³/mol. The summed E-state index contributed by atoms with van der Waals surface area (Å²) in [6.45, 7) is 4.27. The lowest BCUT2D eigenvalue weighted by Gasteiger charge is -2.31. The van der Waals surface area contributed by atoms with E-state index in [4.69, 9.17) is 4.74 Å². The van der Waals surface area contributed by atoms with Gasteiger partial charge in [-0.15, -0.1) is 0 Å². The van der Waals surface area contributed by atoms with Gasteiger partial charge in [-0.1, -0.05) is 6.07 Å². The first-order valence-electron chi connectivity index (χ1n) is 9.44. The van der Waals surface area contributed by atoms with E-state index < -0.39 is 21.8 Å². The van der Waals surface area contributed by atoms with Crippen LogP contribution in [0.25, 0.3) is 0 Å². The third kappa shape index (κ3) is 4.59. The Morgan fingerprint density at radius 3 is 2.62 bits per heavy atom. The number of sulfonamides is 1. The van der Waals surface area contributed by atoms with Crippen LogP contribution in [0.4, 0.5) is 10.1 Å². The molecule has 156 valence electrons. The van der Waals surface area contributed by atoms with Gasteiger partial charge in [-0.25, -0.2) is 12.8 Å². The van der Waals surface area contributed by atoms with E-state index in [-0.39, 0.29) is 29.6 Å². The minimum atomic E-state index is -3.99. The molecule has 1 aliphatic rings. The zero-order valence-corrected chi connectivity index (χ0v) is 17.6. The molecule has 1 N–H and O–H groups in total. The van der Waals surface area contributed by atoms with Gasteiger partial charge in [-0.05, 0) is 68.1 Å². The maximum atomic E-state index is 13.7. The number of rotatable bonds is 5. The summed E-state index contributed by atoms with van der Waals surface area (Å²) >= 11 is 0. The quantitative estimate of drug-likeness (QED) is 0.803. The summed E-state index contributed by atoms with van der Waals surface area (Å²) in [5.74, 6) is -1.29. The number of nitrogens with one attached hydrogen (secondary N) is 1. The van der Waals surface area contributed by atoms with E-state index in [1.807, 2.05) is 32.0 Å². The largest absolute Gasteiger partial charge is 0.495 e. The van der Waals surface area contributed by atoms with Crippen LogP contribution in [-0.2, 0) is 14.8 Å². The zero-order chi connectivity index (χ0) is 21.2. The van der Waals surface area contributed by atoms with Crippen molar-refractivity contribution in [2.75, 3.05) is 25.5 Å². The number of hydrogen-bond acceptors (Lipinski definition) is 4. The lowest BCUT2D eigenvalue weighted by atomic mass is 9.98. The molecule has 0 unspecified atom stereocenters. The van der Waals surface area contributed by atoms with Crippen molar-refractivity contribution in [1.82, 2.24) is 4.31 Å². The molecule has 0 spiro atoms. The van der Waals surface area contributed by atoms with Crippen molar-refractivity contribution in [1.29, 1.82) is 0 Å². The van der Waals surface area contributed by atoms with Crippen molar-refractivity contribution in [3.8, 4) is 5.75 Å². The number of methoxy groups -OCH3 is 1. The van der Waals surface area contributed by atoms with Gasteiger partial charge in [-0.2, -0.15) is 4.31 Å². The summed E-state index contributed by atoms with van der Waals surface area (Å²) in [6, 6.07) is 9.03. The topological polar surface area (TPSA) is 75.7 Å². The fraction of sp³-hybridized carbons (Fsp3) is 0.381. The Bertz CT molecular complexity index is 1020. The van der Waals surface area contributed by atoms with Crippen LogP contribution in [0.2, 0.25) is 0 Å². The number of halogens is 1. The number of benzene rings is 2. The highest BCUT2D eigenvalue weighted by atomic mass is 32.2. The Morgan fingerprint density at radius 2 is 1.93 bits per heavy atom. The van der Waals surface area contributed by atoms with Gasteiger partial charge in [0.2, 0.25) is 15.9 Å². The van der Waals surface area contributed by atoms with Crippen LogP contribution in [0.15, 0.2) is 41.3 Å². The van der Waals surface area contributed by atoms with E-state index in [0.29, 0.717) is 18.5 Å². The van der Waals surface area contributed by atoms with Crippen LogP contribution in [0.3, 0.4) is 0 Å². The highest BCUT2D eigenvalue weighted by molar-refractivity contribution is 7.89. The Labute approximate surface area is 170 Å². The Balaban J connectivity index is 1.78. The number of carbonyl (C=O) groups is 1. The number of hydrogen-bond donors (Lipinski definition) is 1. The molecule has 0 aliphatic carbocycles. The molecule has 1 atom stereocenters. The fourth-order valence-electron chi connectivity index (χ4n) is 3.43. The van der Waals surface area contributed by atoms with Gasteiger partial charge < -0.3 is 10.1 Å². The first kappa shape index (κ1) is 21.3. The van der Waals surface area contributed by atoms with Crippen molar-refractivity contribution in [2.24, 2.45) is 5.92 Å². The smallest absolute Gasteiger partial charge is 0.246 e. The van der Waals surface area contributed by atoms with Crippen LogP contribution in [0.1, 0.15) is 24.0 Å². The van der Waals surface area contributed by atoms with Gasteiger partial charge in [0.25, 0.3) is 0 Å². The molecule has 0 radical (unpaired) electrons. The lowest BCUT2D eigenvalue weighted by molar-refractivity contribution is -0.120. The Hall–Kier alpha value is -2.45. The average molecular weight is 421 g/mol. The number of piperidine rings is 1. The summed E-state index contributed by atoms with van der Waals surface area (Å²) < 4.78 is 46.2. The molecule has 2 aromatic carbocycles. The van der Waals surface area contributed by atoms with E-state index in [9.17, 15) is 17.6 Å². The van der Waals surface area contributed by atoms with E-state index >= 15 is 0 Å². The highest BCUT2D eigenvalue weighted by Gasteiger charge is 2.35. The summed E-state index contributed by atoms with van der Waals surface area (Å²) in [5.41, 5.74) is 2.88. The van der Waals surface area contributed by atoms with Gasteiger partial charge in [-0.3, -0.25) is 4.79 Å². The molecule has 0 aromatic heterocycles. The molecule has 1 saturated heterocycles. The molecule has 2 aromatic rings. The number of nitrogens with zero attached hydrogens (tertiary/aromatic N) is 1. The number of anilines is 1. The van der Waals surface area contributed by atoms with Crippen molar-refractivity contribution >= 4 is 21.6 Å². The monoisotopic (exact) mass is 420 g/mol. The SMILES string of the molecule is COc1ccc(F)cc1S(=O)(=O)N1CCC[C@H](C(=O)Nc2ccc(C)c(C)c2)C1. The molecule has 0 saturated carbocycles. The fourth-order valence-corrected chi connectivity index (χ4v) is 5.12. The van der Waals surface area contributed by atoms with E-state index in [1.165, 1.54) is 17.5 Å². The molecule has 3 rings (SSSR count). The zero-order valence-electron chi connectivity index (χ0n) is 16.7. The van der Waals surface area contributed by atoms with Crippen LogP contribution < -0.4 is 10.1 Å². The maximum absolute atomic E-state index is 13.7. The maximum Gasteiger partial charge on any atom is 0.246 e. The Kier molecular flexibility index (Phi) is 6.24. The van der Waals surface area contributed by atoms with Gasteiger partial charge in [0, 0.05) is 18.8 Å². The number of aryl methyl sites for hydroxylation is 2. The van der Waals surface area contributed by atoms with E-state index in [1.54, 1.807) is 0 Å². The molecule has 6 nitrogen and oxygen atoms in total. The van der Waals surface area contributed by atoms with E-state index in [0.717, 1.165) is 23.3 Å². The Morgan fingerprint density at radius 1 is 1.17 bits per heavy atom. The molecule has 0 bridgehead atoms. The highest BCUT2D eigenvalue weighted by Crippen LogP contribution is 2.30. The molecule has 1 aliphatic heterocycles. The minimum absolute atomic E-state index is 0.0404. The molecular weight excluding hydrogens is 395 g/mol. The third-order valence-corrected chi connectivity index (χ3v) is 7.16. The average Bonchev–Trinajstić information content (AvgIpc) is 2.70. The first-order valence-corrected chi connectivity index (χ1v) is 10.9. The normalized spacial score (nSPS) is 17.7.